The average Bonchev–Trinajstić information content (AvgIpc) is 3.13. The minimum Gasteiger partial charge on any atom is -0.463 e. The summed E-state index contributed by atoms with van der Waals surface area (Å²) >= 11 is 3.11. The Hall–Kier alpha value is -2.20. The average molecular weight is 501 g/mol. The third-order valence-corrected chi connectivity index (χ3v) is 5.15. The number of unbranched alkanes of at least 4 members (excludes halogenated alkanes) is 2. The Morgan fingerprint density at radius 3 is 2.55 bits per heavy atom. The fourth-order valence-corrected chi connectivity index (χ4v) is 3.45. The first-order valence-corrected chi connectivity index (χ1v) is 11.4. The Morgan fingerprint density at radius 2 is 1.90 bits per heavy atom. The maximum Gasteiger partial charge on any atom is 0.330 e. The van der Waals surface area contributed by atoms with Crippen LogP contribution in [-0.2, 0) is 23.8 Å². The van der Waals surface area contributed by atoms with Gasteiger partial charge in [0.2, 0.25) is 0 Å². The number of halogens is 1. The third-order valence-electron chi connectivity index (χ3n) is 4.89. The summed E-state index contributed by atoms with van der Waals surface area (Å²) in [5, 5.41) is 0. The van der Waals surface area contributed by atoms with E-state index >= 15 is 0 Å². The molecule has 0 bridgehead atoms. The topological polar surface area (TPSA) is 117 Å². The number of aromatic nitrogens is 2. The predicted octanol–water partition coefficient (Wildman–Crippen LogP) is 3.03. The first kappa shape index (κ1) is 25.1. The zero-order chi connectivity index (χ0) is 22.8. The highest BCUT2D eigenvalue weighted by Gasteiger charge is 2.40. The van der Waals surface area contributed by atoms with Crippen molar-refractivity contribution in [2.45, 2.75) is 77.2 Å². The van der Waals surface area contributed by atoms with Gasteiger partial charge in [0, 0.05) is 25.5 Å². The number of carbonyl (C=O) groups excluding carboxylic acids is 2. The van der Waals surface area contributed by atoms with Crippen LogP contribution in [0.3, 0.4) is 0 Å². The van der Waals surface area contributed by atoms with E-state index in [4.69, 9.17) is 14.2 Å². The minimum atomic E-state index is -0.782. The summed E-state index contributed by atoms with van der Waals surface area (Å²) in [4.78, 5) is 52.1. The van der Waals surface area contributed by atoms with Crippen molar-refractivity contribution in [1.29, 1.82) is 0 Å². The van der Waals surface area contributed by atoms with E-state index in [-0.39, 0.29) is 37.0 Å². The van der Waals surface area contributed by atoms with Crippen LogP contribution in [0.1, 0.15) is 70.6 Å². The van der Waals surface area contributed by atoms with Crippen LogP contribution in [0.25, 0.3) is 6.08 Å². The molecule has 0 unspecified atom stereocenters. The highest BCUT2D eigenvalue weighted by molar-refractivity contribution is 9.11. The number of ether oxygens (including phenoxy) is 3. The van der Waals surface area contributed by atoms with Gasteiger partial charge in [-0.05, 0) is 23.9 Å². The van der Waals surface area contributed by atoms with Crippen molar-refractivity contribution in [1.82, 2.24) is 9.55 Å². The van der Waals surface area contributed by atoms with Crippen molar-refractivity contribution < 1.29 is 23.8 Å². The molecule has 0 saturated carbocycles. The van der Waals surface area contributed by atoms with Crippen molar-refractivity contribution in [2.75, 3.05) is 6.61 Å². The van der Waals surface area contributed by atoms with Crippen molar-refractivity contribution in [3.8, 4) is 0 Å². The molecule has 1 aromatic heterocycles. The van der Waals surface area contributed by atoms with Gasteiger partial charge in [-0.25, -0.2) is 4.79 Å². The molecule has 1 saturated heterocycles. The van der Waals surface area contributed by atoms with Gasteiger partial charge >= 0.3 is 17.6 Å². The highest BCUT2D eigenvalue weighted by atomic mass is 79.9. The zero-order valence-corrected chi connectivity index (χ0v) is 19.4. The van der Waals surface area contributed by atoms with Crippen LogP contribution in [0.4, 0.5) is 0 Å². The third kappa shape index (κ3) is 7.46. The maximum absolute atomic E-state index is 12.3. The molecule has 0 radical (unpaired) electrons. The molecule has 9 nitrogen and oxygen atoms in total. The number of esters is 2. The van der Waals surface area contributed by atoms with Crippen LogP contribution in [0, 0.1) is 0 Å². The quantitative estimate of drug-likeness (QED) is 0.464. The molecule has 0 aliphatic carbocycles. The first-order valence-electron chi connectivity index (χ1n) is 10.5. The van der Waals surface area contributed by atoms with Crippen molar-refractivity contribution in [3.05, 3.63) is 37.6 Å². The molecule has 2 rings (SSSR count). The standard InChI is InChI=1S/C21H29BrN2O7/c1-3-5-7-18(25)29-13-16-15(31-19(26)8-6-4-2)11-17(30-16)24-12-14(9-10-22)20(27)23-21(24)28/h9-10,12,15-17H,3-8,11,13H2,1-2H3,(H,23,27,28)/t15-,16+,17+/m0/s1. The van der Waals surface area contributed by atoms with Gasteiger partial charge in [-0.3, -0.25) is 23.9 Å². The molecule has 172 valence electrons. The summed E-state index contributed by atoms with van der Waals surface area (Å²) in [6.45, 7) is 3.86. The van der Waals surface area contributed by atoms with E-state index in [1.165, 1.54) is 21.8 Å². The van der Waals surface area contributed by atoms with Crippen LogP contribution in [-0.4, -0.2) is 40.3 Å². The second-order valence-electron chi connectivity index (χ2n) is 7.33. The van der Waals surface area contributed by atoms with E-state index in [1.807, 2.05) is 13.8 Å². The number of aromatic amines is 1. The lowest BCUT2D eigenvalue weighted by Crippen LogP contribution is -2.33. The number of nitrogens with zero attached hydrogens (tertiary/aromatic N) is 1. The van der Waals surface area contributed by atoms with E-state index in [1.54, 1.807) is 0 Å². The summed E-state index contributed by atoms with van der Waals surface area (Å²) in [7, 11) is 0. The molecule has 31 heavy (non-hydrogen) atoms. The molecule has 1 aromatic rings. The second-order valence-corrected chi connectivity index (χ2v) is 7.86. The number of nitrogens with one attached hydrogen (secondary N) is 1. The summed E-state index contributed by atoms with van der Waals surface area (Å²) in [5.74, 6) is -0.717. The Kier molecular flexibility index (Phi) is 10.2. The SMILES string of the molecule is CCCCC(=O)OC[C@H]1O[C@@H](n2cc(C=CBr)c(=O)[nH]c2=O)C[C@@H]1OC(=O)CCCC. The van der Waals surface area contributed by atoms with E-state index in [2.05, 4.69) is 20.9 Å². The summed E-state index contributed by atoms with van der Waals surface area (Å²) in [6, 6.07) is 0. The maximum atomic E-state index is 12.3. The molecule has 0 spiro atoms. The number of hydrogen-bond acceptors (Lipinski definition) is 7. The molecule has 10 heteroatoms. The molecular formula is C21H29BrN2O7. The smallest absolute Gasteiger partial charge is 0.330 e. The second kappa shape index (κ2) is 12.6. The van der Waals surface area contributed by atoms with Gasteiger partial charge in [-0.15, -0.1) is 0 Å². The van der Waals surface area contributed by atoms with Gasteiger partial charge in [-0.2, -0.15) is 0 Å². The zero-order valence-electron chi connectivity index (χ0n) is 17.8. The summed E-state index contributed by atoms with van der Waals surface area (Å²) < 4.78 is 18.0. The highest BCUT2D eigenvalue weighted by Crippen LogP contribution is 2.30. The summed E-state index contributed by atoms with van der Waals surface area (Å²) in [6.07, 6.45) is 4.63. The molecule has 0 amide bonds. The van der Waals surface area contributed by atoms with Crippen LogP contribution >= 0.6 is 15.9 Å². The molecule has 3 atom stereocenters. The molecule has 1 aliphatic heterocycles. The fourth-order valence-electron chi connectivity index (χ4n) is 3.16. The van der Waals surface area contributed by atoms with E-state index in [0.717, 1.165) is 19.3 Å². The molecule has 1 aliphatic rings. The van der Waals surface area contributed by atoms with Crippen molar-refractivity contribution in [2.24, 2.45) is 0 Å². The Balaban J connectivity index is 2.18. The Morgan fingerprint density at radius 1 is 1.23 bits per heavy atom. The molecular weight excluding hydrogens is 472 g/mol. The minimum absolute atomic E-state index is 0.0863. The van der Waals surface area contributed by atoms with Crippen molar-refractivity contribution >= 4 is 33.9 Å². The lowest BCUT2D eigenvalue weighted by Gasteiger charge is -2.19. The van der Waals surface area contributed by atoms with Crippen LogP contribution < -0.4 is 11.2 Å². The van der Waals surface area contributed by atoms with Gasteiger partial charge in [-0.1, -0.05) is 42.6 Å². The lowest BCUT2D eigenvalue weighted by atomic mass is 10.1. The molecule has 0 aromatic carbocycles. The Labute approximate surface area is 188 Å². The molecule has 1 fully saturated rings. The molecule has 2 heterocycles. The van der Waals surface area contributed by atoms with Crippen LogP contribution in [0.15, 0.2) is 20.8 Å². The monoisotopic (exact) mass is 500 g/mol. The van der Waals surface area contributed by atoms with Gasteiger partial charge in [0.25, 0.3) is 5.56 Å². The van der Waals surface area contributed by atoms with E-state index in [9.17, 15) is 19.2 Å². The fraction of sp³-hybridized carbons (Fsp3) is 0.619. The van der Waals surface area contributed by atoms with Crippen LogP contribution in [0.5, 0.6) is 0 Å². The number of rotatable bonds is 11. The molecule has 1 N–H and O–H groups in total. The van der Waals surface area contributed by atoms with Gasteiger partial charge < -0.3 is 14.2 Å². The Bertz CT molecular complexity index is 892. The van der Waals surface area contributed by atoms with Gasteiger partial charge in [0.1, 0.15) is 25.0 Å². The number of H-pyrrole nitrogens is 1. The van der Waals surface area contributed by atoms with E-state index < -0.39 is 29.7 Å². The lowest BCUT2D eigenvalue weighted by molar-refractivity contribution is -0.158. The van der Waals surface area contributed by atoms with Gasteiger partial charge in [0.15, 0.2) is 0 Å². The largest absolute Gasteiger partial charge is 0.463 e. The summed E-state index contributed by atoms with van der Waals surface area (Å²) in [5.41, 5.74) is -0.914. The number of carbonyl (C=O) groups is 2. The van der Waals surface area contributed by atoms with E-state index in [0.29, 0.717) is 12.8 Å². The van der Waals surface area contributed by atoms with Gasteiger partial charge in [0.05, 0.1) is 5.56 Å². The van der Waals surface area contributed by atoms with Crippen molar-refractivity contribution in [3.63, 3.8) is 0 Å². The first-order chi connectivity index (χ1) is 14.9. The normalized spacial score (nSPS) is 20.8. The van der Waals surface area contributed by atoms with Crippen LogP contribution in [0.2, 0.25) is 0 Å². The predicted molar refractivity (Wildman–Crippen MR) is 118 cm³/mol. The number of hydrogen-bond donors (Lipinski definition) is 1.